The van der Waals surface area contributed by atoms with E-state index in [1.807, 2.05) is 13.0 Å². The molecule has 0 atom stereocenters. The molecule has 1 saturated carbocycles. The van der Waals surface area contributed by atoms with Crippen LogP contribution in [0.5, 0.6) is 0 Å². The first-order chi connectivity index (χ1) is 13.5. The van der Waals surface area contributed by atoms with Crippen LogP contribution in [0, 0.1) is 19.8 Å². The molecule has 148 valence electrons. The molecule has 0 spiro atoms. The van der Waals surface area contributed by atoms with Gasteiger partial charge in [0.2, 0.25) is 0 Å². The minimum Gasteiger partial charge on any atom is -0.464 e. The zero-order valence-electron chi connectivity index (χ0n) is 16.0. The number of nitrogens with one attached hydrogen (secondary N) is 2. The van der Waals surface area contributed by atoms with Gasteiger partial charge in [-0.25, -0.2) is 4.98 Å². The summed E-state index contributed by atoms with van der Waals surface area (Å²) in [4.78, 5) is 18.5. The van der Waals surface area contributed by atoms with E-state index >= 15 is 0 Å². The largest absolute Gasteiger partial charge is 0.464 e. The fourth-order valence-electron chi connectivity index (χ4n) is 3.71. The molecule has 1 aliphatic carbocycles. The molecule has 4 rings (SSSR count). The average molecular weight is 418 g/mol. The highest BCUT2D eigenvalue weighted by Crippen LogP contribution is 2.28. The van der Waals surface area contributed by atoms with Gasteiger partial charge in [-0.2, -0.15) is 0 Å². The summed E-state index contributed by atoms with van der Waals surface area (Å²) in [5.41, 5.74) is 2.31. The summed E-state index contributed by atoms with van der Waals surface area (Å²) in [7, 11) is 0. The van der Waals surface area contributed by atoms with E-state index in [0.29, 0.717) is 22.1 Å². The van der Waals surface area contributed by atoms with Crippen LogP contribution in [0.1, 0.15) is 46.6 Å². The number of thiazole rings is 1. The molecule has 5 nitrogen and oxygen atoms in total. The quantitative estimate of drug-likeness (QED) is 0.570. The van der Waals surface area contributed by atoms with E-state index in [2.05, 4.69) is 22.5 Å². The Morgan fingerprint density at radius 2 is 2.07 bits per heavy atom. The van der Waals surface area contributed by atoms with Crippen LogP contribution in [0.25, 0.3) is 11.0 Å². The van der Waals surface area contributed by atoms with Gasteiger partial charge in [0.05, 0.1) is 22.5 Å². The standard InChI is InChI=1S/C21H24ClN3O2S/c1-12-13(2)28-21(24-12)23-11-14-3-5-16(6-4-14)25-20(26)17-9-15-7-8-27-19(15)10-18(17)22/h7-10,14,16H,3-6,11H2,1-2H3,(H,23,24)(H,25,26). The van der Waals surface area contributed by atoms with Crippen LogP contribution < -0.4 is 10.6 Å². The maximum atomic E-state index is 12.7. The number of furan rings is 1. The van der Waals surface area contributed by atoms with Crippen molar-refractivity contribution in [2.45, 2.75) is 45.6 Å². The number of aryl methyl sites for hydroxylation is 2. The third-order valence-electron chi connectivity index (χ3n) is 5.54. The van der Waals surface area contributed by atoms with E-state index in [9.17, 15) is 4.79 Å². The second-order valence-corrected chi connectivity index (χ2v) is 9.13. The van der Waals surface area contributed by atoms with Crippen LogP contribution in [-0.2, 0) is 0 Å². The summed E-state index contributed by atoms with van der Waals surface area (Å²) in [5.74, 6) is 0.506. The molecule has 28 heavy (non-hydrogen) atoms. The molecule has 1 aromatic carbocycles. The zero-order valence-corrected chi connectivity index (χ0v) is 17.6. The topological polar surface area (TPSA) is 67.2 Å². The second-order valence-electron chi connectivity index (χ2n) is 7.52. The summed E-state index contributed by atoms with van der Waals surface area (Å²) in [6.07, 6.45) is 5.76. The Bertz CT molecular complexity index is 969. The molecular weight excluding hydrogens is 394 g/mol. The number of hydrogen-bond donors (Lipinski definition) is 2. The number of amides is 1. The van der Waals surface area contributed by atoms with Crippen molar-refractivity contribution < 1.29 is 9.21 Å². The number of fused-ring (bicyclic) bond motifs is 1. The van der Waals surface area contributed by atoms with Gasteiger partial charge < -0.3 is 15.1 Å². The Morgan fingerprint density at radius 3 is 2.79 bits per heavy atom. The molecule has 1 aliphatic rings. The molecule has 0 radical (unpaired) electrons. The van der Waals surface area contributed by atoms with Crippen molar-refractivity contribution in [2.75, 3.05) is 11.9 Å². The first kappa shape index (κ1) is 19.3. The number of rotatable bonds is 5. The molecule has 0 saturated heterocycles. The number of hydrogen-bond acceptors (Lipinski definition) is 5. The Morgan fingerprint density at radius 1 is 1.29 bits per heavy atom. The van der Waals surface area contributed by atoms with E-state index in [1.54, 1.807) is 29.7 Å². The van der Waals surface area contributed by atoms with Gasteiger partial charge in [-0.05, 0) is 57.6 Å². The SMILES string of the molecule is Cc1nc(NCC2CCC(NC(=O)c3cc4ccoc4cc3Cl)CC2)sc1C. The van der Waals surface area contributed by atoms with Crippen molar-refractivity contribution in [1.82, 2.24) is 10.3 Å². The Hall–Kier alpha value is -2.05. The highest BCUT2D eigenvalue weighted by molar-refractivity contribution is 7.15. The van der Waals surface area contributed by atoms with Crippen molar-refractivity contribution >= 4 is 44.9 Å². The lowest BCUT2D eigenvalue weighted by Crippen LogP contribution is -2.38. The molecule has 1 amide bonds. The Labute approximate surface area is 173 Å². The fraction of sp³-hybridized carbons (Fsp3) is 0.429. The number of anilines is 1. The zero-order chi connectivity index (χ0) is 19.7. The van der Waals surface area contributed by atoms with Crippen LogP contribution in [0.4, 0.5) is 5.13 Å². The second kappa shape index (κ2) is 8.13. The highest BCUT2D eigenvalue weighted by Gasteiger charge is 2.24. The van der Waals surface area contributed by atoms with Crippen molar-refractivity contribution in [1.29, 1.82) is 0 Å². The Kier molecular flexibility index (Phi) is 5.60. The Balaban J connectivity index is 1.28. The van der Waals surface area contributed by atoms with E-state index in [0.717, 1.165) is 48.4 Å². The summed E-state index contributed by atoms with van der Waals surface area (Å²) < 4.78 is 5.33. The molecule has 7 heteroatoms. The predicted molar refractivity (Wildman–Crippen MR) is 115 cm³/mol. The maximum Gasteiger partial charge on any atom is 0.253 e. The molecular formula is C21H24ClN3O2S. The number of nitrogens with zero attached hydrogens (tertiary/aromatic N) is 1. The molecule has 0 aliphatic heterocycles. The van der Waals surface area contributed by atoms with Gasteiger partial charge in [-0.15, -0.1) is 11.3 Å². The monoisotopic (exact) mass is 417 g/mol. The number of benzene rings is 1. The van der Waals surface area contributed by atoms with E-state index in [1.165, 1.54) is 4.88 Å². The number of aromatic nitrogens is 1. The molecule has 3 aromatic rings. The predicted octanol–water partition coefficient (Wildman–Crippen LogP) is 5.56. The maximum absolute atomic E-state index is 12.7. The molecule has 2 N–H and O–H groups in total. The van der Waals surface area contributed by atoms with Gasteiger partial charge in [-0.3, -0.25) is 4.79 Å². The highest BCUT2D eigenvalue weighted by atomic mass is 35.5. The minimum absolute atomic E-state index is 0.108. The van der Waals surface area contributed by atoms with Gasteiger partial charge >= 0.3 is 0 Å². The molecule has 0 unspecified atom stereocenters. The summed E-state index contributed by atoms with van der Waals surface area (Å²) in [5, 5.41) is 8.94. The summed E-state index contributed by atoms with van der Waals surface area (Å²) >= 11 is 7.99. The first-order valence-corrected chi connectivity index (χ1v) is 10.8. The van der Waals surface area contributed by atoms with Crippen molar-refractivity contribution in [2.24, 2.45) is 5.92 Å². The summed E-state index contributed by atoms with van der Waals surface area (Å²) in [6, 6.07) is 5.54. The lowest BCUT2D eigenvalue weighted by Gasteiger charge is -2.29. The van der Waals surface area contributed by atoms with Crippen LogP contribution in [0.2, 0.25) is 5.02 Å². The van der Waals surface area contributed by atoms with E-state index in [-0.39, 0.29) is 11.9 Å². The van der Waals surface area contributed by atoms with Crippen LogP contribution in [-0.4, -0.2) is 23.5 Å². The molecule has 2 aromatic heterocycles. The number of carbonyl (C=O) groups is 1. The van der Waals surface area contributed by atoms with Crippen LogP contribution in [0.15, 0.2) is 28.9 Å². The van der Waals surface area contributed by atoms with Crippen molar-refractivity contribution in [3.05, 3.63) is 45.6 Å². The lowest BCUT2D eigenvalue weighted by atomic mass is 9.86. The lowest BCUT2D eigenvalue weighted by molar-refractivity contribution is 0.0923. The normalized spacial score (nSPS) is 19.7. The number of carbonyl (C=O) groups excluding carboxylic acids is 1. The van der Waals surface area contributed by atoms with E-state index in [4.69, 9.17) is 16.0 Å². The molecule has 1 fully saturated rings. The number of halogens is 1. The minimum atomic E-state index is -0.108. The van der Waals surface area contributed by atoms with E-state index < -0.39 is 0 Å². The molecule has 0 bridgehead atoms. The van der Waals surface area contributed by atoms with Gasteiger partial charge in [0.25, 0.3) is 5.91 Å². The van der Waals surface area contributed by atoms with Crippen molar-refractivity contribution in [3.63, 3.8) is 0 Å². The first-order valence-electron chi connectivity index (χ1n) is 9.65. The van der Waals surface area contributed by atoms with Crippen LogP contribution >= 0.6 is 22.9 Å². The van der Waals surface area contributed by atoms with Crippen molar-refractivity contribution in [3.8, 4) is 0 Å². The van der Waals surface area contributed by atoms with Gasteiger partial charge in [-0.1, -0.05) is 11.6 Å². The third kappa shape index (κ3) is 4.18. The summed E-state index contributed by atoms with van der Waals surface area (Å²) in [6.45, 7) is 5.08. The smallest absolute Gasteiger partial charge is 0.253 e. The fourth-order valence-corrected chi connectivity index (χ4v) is 4.77. The van der Waals surface area contributed by atoms with Gasteiger partial charge in [0, 0.05) is 28.9 Å². The third-order valence-corrected chi connectivity index (χ3v) is 6.88. The van der Waals surface area contributed by atoms with Crippen LogP contribution in [0.3, 0.4) is 0 Å². The average Bonchev–Trinajstić information content (AvgIpc) is 3.26. The van der Waals surface area contributed by atoms with Gasteiger partial charge in [0.15, 0.2) is 5.13 Å². The van der Waals surface area contributed by atoms with Gasteiger partial charge in [0.1, 0.15) is 5.58 Å². The molecule has 2 heterocycles.